The third-order valence-corrected chi connectivity index (χ3v) is 14.8. The zero-order valence-electron chi connectivity index (χ0n) is 43.0. The molecule has 0 aromatic heterocycles. The predicted molar refractivity (Wildman–Crippen MR) is 245 cm³/mol. The van der Waals surface area contributed by atoms with Gasteiger partial charge in [0, 0.05) is 19.8 Å². The van der Waals surface area contributed by atoms with Crippen LogP contribution >= 0.6 is 0 Å². The third-order valence-electron chi connectivity index (χ3n) is 14.8. The first-order chi connectivity index (χ1) is 38.5. The molecule has 38 heteroatoms. The van der Waals surface area contributed by atoms with Gasteiger partial charge in [-0.25, -0.2) is 9.59 Å². The van der Waals surface area contributed by atoms with Crippen molar-refractivity contribution in [3.05, 3.63) is 0 Å². The molecule has 1 amide bonds. The van der Waals surface area contributed by atoms with Gasteiger partial charge >= 0.3 is 11.9 Å². The number of aliphatic hydroxyl groups excluding tert-OH is 21. The Bertz CT molecular complexity index is 2070. The van der Waals surface area contributed by atoms with E-state index in [9.17, 15) is 132 Å². The number of aliphatic carboxylic acids is 2. The summed E-state index contributed by atoms with van der Waals surface area (Å²) in [5.74, 6) is -12.2. The van der Waals surface area contributed by atoms with Gasteiger partial charge in [-0.05, 0) is 0 Å². The lowest BCUT2D eigenvalue weighted by molar-refractivity contribution is -0.407. The Labute approximate surface area is 461 Å². The number of rotatable bonds is 23. The average Bonchev–Trinajstić information content (AvgIpc) is 3.55. The molecule has 0 unspecified atom stereocenters. The number of hydrogen-bond donors (Lipinski definition) is 24. The summed E-state index contributed by atoms with van der Waals surface area (Å²) >= 11 is 0. The Morgan fingerprint density at radius 3 is 1.30 bits per heavy atom. The quantitative estimate of drug-likeness (QED) is 0.0452. The summed E-state index contributed by atoms with van der Waals surface area (Å²) in [5, 5.41) is 248. The minimum absolute atomic E-state index is 0.864. The molecule has 24 N–H and O–H groups in total. The second-order valence-electron chi connectivity index (χ2n) is 20.3. The van der Waals surface area contributed by atoms with Crippen molar-refractivity contribution in [1.29, 1.82) is 0 Å². The topological polar surface area (TPSA) is 630 Å². The van der Waals surface area contributed by atoms with E-state index >= 15 is 0 Å². The zero-order chi connectivity index (χ0) is 61.2. The summed E-state index contributed by atoms with van der Waals surface area (Å²) in [7, 11) is 0. The first kappa shape index (κ1) is 68.2. The van der Waals surface area contributed by atoms with Crippen LogP contribution in [0.3, 0.4) is 0 Å². The maximum Gasteiger partial charge on any atom is 0.364 e. The normalized spacial score (nSPS) is 47.2. The van der Waals surface area contributed by atoms with Gasteiger partial charge in [0.25, 0.3) is 11.6 Å². The molecule has 0 aromatic carbocycles. The maximum atomic E-state index is 13.4. The van der Waals surface area contributed by atoms with Crippen LogP contribution in [0.4, 0.5) is 0 Å². The molecule has 6 heterocycles. The minimum atomic E-state index is -3.43. The van der Waals surface area contributed by atoms with E-state index < -0.39 is 266 Å². The Morgan fingerprint density at radius 1 is 0.476 bits per heavy atom. The molecule has 0 spiro atoms. The molecule has 0 saturated carbocycles. The number of carbonyl (C=O) groups excluding carboxylic acids is 1. The van der Waals surface area contributed by atoms with Crippen LogP contribution in [0.1, 0.15) is 19.8 Å². The van der Waals surface area contributed by atoms with E-state index in [2.05, 4.69) is 5.32 Å². The van der Waals surface area contributed by atoms with Gasteiger partial charge in [0.2, 0.25) is 5.91 Å². The minimum Gasteiger partial charge on any atom is -0.477 e. The molecule has 476 valence electrons. The van der Waals surface area contributed by atoms with Crippen molar-refractivity contribution in [1.82, 2.24) is 5.32 Å². The molecule has 82 heavy (non-hydrogen) atoms. The van der Waals surface area contributed by atoms with E-state index in [4.69, 9.17) is 52.1 Å². The molecule has 6 rings (SSSR count). The lowest BCUT2D eigenvalue weighted by Crippen LogP contribution is -2.72. The molecule has 6 saturated heterocycles. The van der Waals surface area contributed by atoms with Crippen LogP contribution in [0.15, 0.2) is 0 Å². The summed E-state index contributed by atoms with van der Waals surface area (Å²) in [4.78, 5) is 39.3. The molecule has 0 aromatic rings. The highest BCUT2D eigenvalue weighted by Gasteiger charge is 2.63. The fourth-order valence-electron chi connectivity index (χ4n) is 10.3. The van der Waals surface area contributed by atoms with Gasteiger partial charge in [-0.2, -0.15) is 0 Å². The standard InChI is InChI=1S/C44H73NO37/c1-10(52)45-19-32(78-39-28(65)35(25(62)16(7-49)74-39)81-43(41(68)69)2-11(53)20(57)33(79-43)22(59)13(55)4-46)24(61)15(6-48)73-38(19)77-31-18(9-51)75-40(76-30-17(8-50)72-37(67)27(64)26(30)63)29(66)36(31)82-44(42(70)71)3-12(54)21(58)34(80-44)23(60)14(56)5-47/h11-40,46-51,53-67H,2-9H2,1H3,(H,45,52)(H,68,69)(H,70,71)/t11-,12+,13-,14-,15-,16-,17-,18-,19-,20-,21-,22-,23-,24+,25+,26-,27-,28-,29-,30-,31+,32-,33-,34-,35+,36-,37-,38+,39+,40+,43+,44+/m1/s1. The van der Waals surface area contributed by atoms with Gasteiger partial charge in [-0.15, -0.1) is 0 Å². The van der Waals surface area contributed by atoms with Crippen molar-refractivity contribution in [2.24, 2.45) is 0 Å². The van der Waals surface area contributed by atoms with Crippen molar-refractivity contribution in [3.63, 3.8) is 0 Å². The number of carboxylic acid groups (broad SMARTS) is 2. The molecule has 0 bridgehead atoms. The number of amides is 1. The Hall–Kier alpha value is -2.87. The van der Waals surface area contributed by atoms with Crippen molar-refractivity contribution in [2.45, 2.75) is 215 Å². The number of nitrogens with one attached hydrogen (secondary N) is 1. The van der Waals surface area contributed by atoms with Crippen LogP contribution in [0, 0.1) is 0 Å². The summed E-state index contributed by atoms with van der Waals surface area (Å²) < 4.78 is 62.7. The lowest BCUT2D eigenvalue weighted by Gasteiger charge is -2.52. The molecule has 6 aliphatic heterocycles. The summed E-state index contributed by atoms with van der Waals surface area (Å²) in [5.41, 5.74) is 0. The molecule has 0 aliphatic carbocycles. The third kappa shape index (κ3) is 13.9. The summed E-state index contributed by atoms with van der Waals surface area (Å²) in [6, 6.07) is -2.09. The largest absolute Gasteiger partial charge is 0.477 e. The molecular formula is C44H73NO37. The number of ether oxygens (including phenoxy) is 11. The predicted octanol–water partition coefficient (Wildman–Crippen LogP) is -15.5. The van der Waals surface area contributed by atoms with Crippen LogP contribution < -0.4 is 5.32 Å². The summed E-state index contributed by atoms with van der Waals surface area (Å²) in [6.45, 7) is -6.38. The number of aliphatic hydroxyl groups is 21. The Balaban J connectivity index is 1.40. The Morgan fingerprint density at radius 2 is 0.866 bits per heavy atom. The van der Waals surface area contributed by atoms with Crippen LogP contribution in [-0.4, -0.2) is 370 Å². The highest BCUT2D eigenvalue weighted by molar-refractivity contribution is 5.76. The number of hydrogen-bond acceptors (Lipinski definition) is 35. The molecule has 38 nitrogen and oxygen atoms in total. The average molecular weight is 1210 g/mol. The van der Waals surface area contributed by atoms with Crippen molar-refractivity contribution >= 4 is 17.8 Å². The second kappa shape index (κ2) is 28.3. The number of carbonyl (C=O) groups is 3. The monoisotopic (exact) mass is 1210 g/mol. The van der Waals surface area contributed by atoms with E-state index in [1.165, 1.54) is 0 Å². The molecular weight excluding hydrogens is 1130 g/mol. The summed E-state index contributed by atoms with van der Waals surface area (Å²) in [6.07, 6.45) is -67.7. The van der Waals surface area contributed by atoms with Gasteiger partial charge in [-0.1, -0.05) is 0 Å². The fraction of sp³-hybridized carbons (Fsp3) is 0.932. The van der Waals surface area contributed by atoms with E-state index in [0.29, 0.717) is 0 Å². The lowest BCUT2D eigenvalue weighted by atomic mass is 9.90. The second-order valence-corrected chi connectivity index (χ2v) is 20.3. The SMILES string of the molecule is CC(=O)N[C@H]1[C@H](O[C@@H]2[C@H](O[C@]3(C(=O)O)C[C@H](O)[C@@H](O)[C@H]([C@H](O)[C@H](O)CO)O3)[C@@H](O)[C@H](O[C@H]3[C@H](O)[C@@H](O)[C@H](O)O[C@@H]3CO)O[C@@H]2CO)O[C@H](CO)[C@H](O)[C@@H]1O[C@@H]1O[C@H](CO)[C@H](O)[C@H](O[C@]2(C(=O)O)C[C@@H](O)[C@@H](O)[C@H]([C@H](O)[C@H](O)CO)O2)[C@H]1O. The van der Waals surface area contributed by atoms with E-state index in [0.717, 1.165) is 6.92 Å². The van der Waals surface area contributed by atoms with Crippen LogP contribution in [-0.2, 0) is 66.5 Å². The zero-order valence-corrected chi connectivity index (χ0v) is 43.0. The molecule has 0 radical (unpaired) electrons. The van der Waals surface area contributed by atoms with Crippen molar-refractivity contribution in [3.8, 4) is 0 Å². The van der Waals surface area contributed by atoms with E-state index in [1.807, 2.05) is 0 Å². The highest BCUT2D eigenvalue weighted by Crippen LogP contribution is 2.42. The van der Waals surface area contributed by atoms with Crippen molar-refractivity contribution in [2.75, 3.05) is 39.6 Å². The van der Waals surface area contributed by atoms with Gasteiger partial charge in [0.15, 0.2) is 25.2 Å². The Kier molecular flexibility index (Phi) is 23.6. The first-order valence-corrected chi connectivity index (χ1v) is 25.4. The highest BCUT2D eigenvalue weighted by atomic mass is 16.8. The molecule has 32 atom stereocenters. The van der Waals surface area contributed by atoms with Crippen LogP contribution in [0.5, 0.6) is 0 Å². The van der Waals surface area contributed by atoms with Gasteiger partial charge in [-0.3, -0.25) is 4.79 Å². The van der Waals surface area contributed by atoms with Gasteiger partial charge < -0.3 is 175 Å². The maximum absolute atomic E-state index is 13.4. The van der Waals surface area contributed by atoms with Gasteiger partial charge in [0.05, 0.1) is 51.8 Å². The number of carboxylic acids is 2. The van der Waals surface area contributed by atoms with E-state index in [-0.39, 0.29) is 0 Å². The molecule has 6 fully saturated rings. The van der Waals surface area contributed by atoms with Crippen LogP contribution in [0.2, 0.25) is 0 Å². The van der Waals surface area contributed by atoms with Crippen molar-refractivity contribution < 1.29 is 184 Å². The smallest absolute Gasteiger partial charge is 0.364 e. The fourth-order valence-corrected chi connectivity index (χ4v) is 10.3. The van der Waals surface area contributed by atoms with E-state index in [1.54, 1.807) is 0 Å². The van der Waals surface area contributed by atoms with Crippen LogP contribution in [0.25, 0.3) is 0 Å². The van der Waals surface area contributed by atoms with Gasteiger partial charge in [0.1, 0.15) is 146 Å². The molecule has 6 aliphatic rings. The first-order valence-electron chi connectivity index (χ1n) is 25.4.